The second kappa shape index (κ2) is 7.38. The molecule has 3 aliphatic heterocycles. The molecule has 7 heteroatoms. The van der Waals surface area contributed by atoms with Gasteiger partial charge in [-0.3, -0.25) is 4.90 Å². The molecule has 0 bridgehead atoms. The lowest BCUT2D eigenvalue weighted by molar-refractivity contribution is -0.0157. The summed E-state index contributed by atoms with van der Waals surface area (Å²) in [5.41, 5.74) is 0.113. The summed E-state index contributed by atoms with van der Waals surface area (Å²) in [5.74, 6) is 2.29. The van der Waals surface area contributed by atoms with E-state index in [9.17, 15) is 4.79 Å². The molecule has 3 aliphatic rings. The van der Waals surface area contributed by atoms with Crippen molar-refractivity contribution in [1.82, 2.24) is 15.1 Å². The maximum atomic E-state index is 12.4. The smallest absolute Gasteiger partial charge is 0.317 e. The van der Waals surface area contributed by atoms with E-state index in [2.05, 4.69) is 10.2 Å². The van der Waals surface area contributed by atoms with Gasteiger partial charge in [-0.15, -0.1) is 0 Å². The molecule has 0 radical (unpaired) electrons. The summed E-state index contributed by atoms with van der Waals surface area (Å²) in [6.45, 7) is 8.34. The molecule has 0 saturated carbocycles. The fourth-order valence-electron chi connectivity index (χ4n) is 3.49. The highest BCUT2D eigenvalue weighted by Crippen LogP contribution is 2.33. The number of urea groups is 1. The lowest BCUT2D eigenvalue weighted by Crippen LogP contribution is -2.60. The fraction of sp³-hybridized carbons (Fsp3) is 0.933. The van der Waals surface area contributed by atoms with E-state index >= 15 is 0 Å². The molecule has 3 fully saturated rings. The zero-order valence-electron chi connectivity index (χ0n) is 13.4. The van der Waals surface area contributed by atoms with Gasteiger partial charge in [0.05, 0.1) is 25.9 Å². The van der Waals surface area contributed by atoms with Crippen LogP contribution in [0.1, 0.15) is 13.3 Å². The number of ether oxygens (including phenoxy) is 2. The van der Waals surface area contributed by atoms with E-state index in [1.54, 1.807) is 0 Å². The van der Waals surface area contributed by atoms with E-state index in [1.807, 2.05) is 23.6 Å². The third-order valence-corrected chi connectivity index (χ3v) is 6.10. The first-order chi connectivity index (χ1) is 10.7. The molecular weight excluding hydrogens is 302 g/mol. The molecule has 0 aromatic rings. The molecule has 126 valence electrons. The number of thioether (sulfide) groups is 1. The van der Waals surface area contributed by atoms with Crippen LogP contribution in [0.3, 0.4) is 0 Å². The van der Waals surface area contributed by atoms with Crippen molar-refractivity contribution in [3.05, 3.63) is 0 Å². The van der Waals surface area contributed by atoms with Crippen molar-refractivity contribution >= 4 is 17.8 Å². The van der Waals surface area contributed by atoms with Gasteiger partial charge >= 0.3 is 6.03 Å². The van der Waals surface area contributed by atoms with Crippen molar-refractivity contribution in [3.8, 4) is 0 Å². The Bertz CT molecular complexity index is 384. The second-order valence-corrected chi connectivity index (χ2v) is 7.52. The Balaban J connectivity index is 1.56. The summed E-state index contributed by atoms with van der Waals surface area (Å²) in [6, 6.07) is 0.0553. The van der Waals surface area contributed by atoms with Crippen molar-refractivity contribution in [3.63, 3.8) is 0 Å². The zero-order chi connectivity index (χ0) is 15.4. The van der Waals surface area contributed by atoms with Crippen LogP contribution < -0.4 is 5.32 Å². The zero-order valence-corrected chi connectivity index (χ0v) is 14.2. The molecule has 3 saturated heterocycles. The standard InChI is InChI=1S/C15H27N3O3S/c1-13-10-17(3-8-21-13)14(19)16-11-15(2-9-22-12-15)18-4-6-20-7-5-18/h13H,2-12H2,1H3,(H,16,19)/t13-,15+/m1/s1. The monoisotopic (exact) mass is 329 g/mol. The third-order valence-electron chi connectivity index (χ3n) is 4.86. The second-order valence-electron chi connectivity index (χ2n) is 6.41. The van der Waals surface area contributed by atoms with Gasteiger partial charge in [-0.05, 0) is 19.1 Å². The van der Waals surface area contributed by atoms with Crippen LogP contribution in [-0.4, -0.2) is 91.5 Å². The van der Waals surface area contributed by atoms with Crippen molar-refractivity contribution in [1.29, 1.82) is 0 Å². The Labute approximate surface area is 136 Å². The topological polar surface area (TPSA) is 54.0 Å². The van der Waals surface area contributed by atoms with Gasteiger partial charge in [-0.2, -0.15) is 11.8 Å². The van der Waals surface area contributed by atoms with Crippen LogP contribution in [0.4, 0.5) is 4.79 Å². The molecule has 3 rings (SSSR count). The van der Waals surface area contributed by atoms with E-state index < -0.39 is 0 Å². The van der Waals surface area contributed by atoms with E-state index in [1.165, 1.54) is 5.75 Å². The molecule has 0 aromatic carbocycles. The Morgan fingerprint density at radius 3 is 2.82 bits per heavy atom. The van der Waals surface area contributed by atoms with Crippen molar-refractivity contribution < 1.29 is 14.3 Å². The van der Waals surface area contributed by atoms with Gasteiger partial charge in [0.1, 0.15) is 0 Å². The van der Waals surface area contributed by atoms with Gasteiger partial charge in [0.2, 0.25) is 0 Å². The molecule has 0 unspecified atom stereocenters. The summed E-state index contributed by atoms with van der Waals surface area (Å²) >= 11 is 1.99. The van der Waals surface area contributed by atoms with Crippen LogP contribution in [0.25, 0.3) is 0 Å². The maximum Gasteiger partial charge on any atom is 0.317 e. The maximum absolute atomic E-state index is 12.4. The van der Waals surface area contributed by atoms with Gasteiger partial charge in [-0.1, -0.05) is 0 Å². The molecule has 22 heavy (non-hydrogen) atoms. The summed E-state index contributed by atoms with van der Waals surface area (Å²) < 4.78 is 11.0. The van der Waals surface area contributed by atoms with Gasteiger partial charge in [-0.25, -0.2) is 4.79 Å². The Morgan fingerprint density at radius 2 is 2.14 bits per heavy atom. The number of rotatable bonds is 3. The van der Waals surface area contributed by atoms with E-state index in [4.69, 9.17) is 9.47 Å². The quantitative estimate of drug-likeness (QED) is 0.823. The number of carbonyl (C=O) groups is 1. The van der Waals surface area contributed by atoms with Crippen LogP contribution >= 0.6 is 11.8 Å². The number of nitrogens with one attached hydrogen (secondary N) is 1. The lowest BCUT2D eigenvalue weighted by Gasteiger charge is -2.43. The molecule has 1 N–H and O–H groups in total. The van der Waals surface area contributed by atoms with Gasteiger partial charge < -0.3 is 19.7 Å². The van der Waals surface area contributed by atoms with Crippen LogP contribution in [0.2, 0.25) is 0 Å². The minimum atomic E-state index is 0.0553. The Morgan fingerprint density at radius 1 is 1.32 bits per heavy atom. The lowest BCUT2D eigenvalue weighted by atomic mass is 9.95. The molecule has 2 amide bonds. The average molecular weight is 329 g/mol. The average Bonchev–Trinajstić information content (AvgIpc) is 3.04. The van der Waals surface area contributed by atoms with Crippen LogP contribution in [-0.2, 0) is 9.47 Å². The molecular formula is C15H27N3O3S. The Hall–Kier alpha value is -0.500. The summed E-state index contributed by atoms with van der Waals surface area (Å²) in [7, 11) is 0. The van der Waals surface area contributed by atoms with Crippen LogP contribution in [0.15, 0.2) is 0 Å². The highest BCUT2D eigenvalue weighted by molar-refractivity contribution is 7.99. The van der Waals surface area contributed by atoms with E-state index in [0.29, 0.717) is 19.7 Å². The van der Waals surface area contributed by atoms with E-state index in [-0.39, 0.29) is 17.7 Å². The van der Waals surface area contributed by atoms with Crippen LogP contribution in [0, 0.1) is 0 Å². The first-order valence-corrected chi connectivity index (χ1v) is 9.40. The number of amides is 2. The minimum Gasteiger partial charge on any atom is -0.379 e. The third kappa shape index (κ3) is 3.69. The van der Waals surface area contributed by atoms with Crippen molar-refractivity contribution in [2.45, 2.75) is 25.0 Å². The van der Waals surface area contributed by atoms with Gasteiger partial charge in [0.25, 0.3) is 0 Å². The Kier molecular flexibility index (Phi) is 5.49. The fourth-order valence-corrected chi connectivity index (χ4v) is 4.97. The van der Waals surface area contributed by atoms with Gasteiger partial charge in [0.15, 0.2) is 0 Å². The summed E-state index contributed by atoms with van der Waals surface area (Å²) in [5, 5.41) is 3.19. The SMILES string of the molecule is C[C@@H]1CN(C(=O)NC[C@@]2(N3CCOCC3)CCSC2)CCO1. The largest absolute Gasteiger partial charge is 0.379 e. The number of hydrogen-bond donors (Lipinski definition) is 1. The van der Waals surface area contributed by atoms with Crippen molar-refractivity contribution in [2.75, 3.05) is 64.1 Å². The van der Waals surface area contributed by atoms with Crippen LogP contribution in [0.5, 0.6) is 0 Å². The molecule has 2 atom stereocenters. The highest BCUT2D eigenvalue weighted by atomic mass is 32.2. The molecule has 6 nitrogen and oxygen atoms in total. The number of carbonyl (C=O) groups excluding carboxylic acids is 1. The van der Waals surface area contributed by atoms with E-state index in [0.717, 1.165) is 45.0 Å². The number of hydrogen-bond acceptors (Lipinski definition) is 5. The minimum absolute atomic E-state index is 0.0553. The normalized spacial score (nSPS) is 33.9. The molecule has 0 spiro atoms. The molecule has 3 heterocycles. The van der Waals surface area contributed by atoms with Crippen molar-refractivity contribution in [2.24, 2.45) is 0 Å². The molecule has 0 aliphatic carbocycles. The first-order valence-electron chi connectivity index (χ1n) is 8.25. The predicted molar refractivity (Wildman–Crippen MR) is 87.5 cm³/mol. The van der Waals surface area contributed by atoms with Gasteiger partial charge in [0, 0.05) is 44.0 Å². The summed E-state index contributed by atoms with van der Waals surface area (Å²) in [4.78, 5) is 16.8. The first kappa shape index (κ1) is 16.4. The molecule has 0 aromatic heterocycles. The summed E-state index contributed by atoms with van der Waals surface area (Å²) in [6.07, 6.45) is 1.28. The predicted octanol–water partition coefficient (Wildman–Crippen LogP) is 0.625. The number of morpholine rings is 2. The number of nitrogens with zero attached hydrogens (tertiary/aromatic N) is 2. The highest BCUT2D eigenvalue weighted by Gasteiger charge is 2.41.